The van der Waals surface area contributed by atoms with Gasteiger partial charge in [0.15, 0.2) is 5.82 Å². The number of para-hydroxylation sites is 2. The minimum Gasteiger partial charge on any atom is -0.491 e. The second-order valence-electron chi connectivity index (χ2n) is 5.61. The summed E-state index contributed by atoms with van der Waals surface area (Å²) in [4.78, 5) is 9.01. The lowest BCUT2D eigenvalue weighted by Gasteiger charge is -2.24. The summed E-state index contributed by atoms with van der Waals surface area (Å²) in [7, 11) is 1.51. The zero-order valence-corrected chi connectivity index (χ0v) is 15.0. The van der Waals surface area contributed by atoms with E-state index >= 15 is 0 Å². The normalized spacial score (nSPS) is 11.3. The Balaban J connectivity index is 2.47. The van der Waals surface area contributed by atoms with Gasteiger partial charge in [-0.3, -0.25) is 0 Å². The highest BCUT2D eigenvalue weighted by atomic mass is 19.4. The molecule has 2 rings (SSSR count). The van der Waals surface area contributed by atoms with E-state index < -0.39 is 11.7 Å². The van der Waals surface area contributed by atoms with Crippen molar-refractivity contribution >= 4 is 11.5 Å². The van der Waals surface area contributed by atoms with Gasteiger partial charge in [-0.05, 0) is 25.0 Å². The van der Waals surface area contributed by atoms with Gasteiger partial charge in [-0.2, -0.15) is 18.2 Å². The molecule has 0 saturated heterocycles. The van der Waals surface area contributed by atoms with E-state index in [9.17, 15) is 13.2 Å². The summed E-state index contributed by atoms with van der Waals surface area (Å²) in [5.41, 5.74) is -0.458. The van der Waals surface area contributed by atoms with Gasteiger partial charge in [0, 0.05) is 13.2 Å². The van der Waals surface area contributed by atoms with Crippen molar-refractivity contribution in [3.8, 4) is 11.8 Å². The molecule has 0 unspecified atom stereocenters. The molecule has 1 aromatic heterocycles. The molecule has 2 aromatic rings. The van der Waals surface area contributed by atoms with Crippen molar-refractivity contribution in [1.29, 1.82) is 0 Å². The van der Waals surface area contributed by atoms with E-state index in [4.69, 9.17) is 9.47 Å². The number of alkyl halides is 3. The van der Waals surface area contributed by atoms with Crippen molar-refractivity contribution in [2.75, 3.05) is 25.2 Å². The van der Waals surface area contributed by atoms with E-state index in [0.717, 1.165) is 12.6 Å². The molecule has 0 N–H and O–H groups in total. The van der Waals surface area contributed by atoms with Gasteiger partial charge >= 0.3 is 12.2 Å². The molecule has 0 spiro atoms. The number of rotatable bonds is 8. The number of hydrogen-bond donors (Lipinski definition) is 0. The lowest BCUT2D eigenvalue weighted by molar-refractivity contribution is -0.137. The van der Waals surface area contributed by atoms with Crippen LogP contribution in [0.25, 0.3) is 0 Å². The van der Waals surface area contributed by atoms with Crippen LogP contribution in [-0.2, 0) is 6.18 Å². The molecule has 1 heterocycles. The second kappa shape index (κ2) is 8.73. The summed E-state index contributed by atoms with van der Waals surface area (Å²) >= 11 is 0. The average Bonchev–Trinajstić information content (AvgIpc) is 2.63. The van der Waals surface area contributed by atoms with Crippen LogP contribution in [0.5, 0.6) is 11.8 Å². The van der Waals surface area contributed by atoms with Gasteiger partial charge in [-0.25, -0.2) is 4.98 Å². The highest BCUT2D eigenvalue weighted by Gasteiger charge is 2.37. The molecular weight excluding hydrogens is 347 g/mol. The lowest BCUT2D eigenvalue weighted by atomic mass is 10.2. The third-order valence-corrected chi connectivity index (χ3v) is 3.49. The van der Waals surface area contributed by atoms with Crippen LogP contribution in [0.2, 0.25) is 0 Å². The summed E-state index contributed by atoms with van der Waals surface area (Å²) < 4.78 is 51.2. The van der Waals surface area contributed by atoms with Crippen LogP contribution in [0.1, 0.15) is 32.3 Å². The van der Waals surface area contributed by atoms with Gasteiger partial charge in [-0.1, -0.05) is 26.0 Å². The molecule has 0 aliphatic rings. The Morgan fingerprint density at radius 1 is 1.04 bits per heavy atom. The van der Waals surface area contributed by atoms with Crippen LogP contribution in [0.3, 0.4) is 0 Å². The predicted molar refractivity (Wildman–Crippen MR) is 93.1 cm³/mol. The highest BCUT2D eigenvalue weighted by molar-refractivity contribution is 5.68. The Morgan fingerprint density at radius 3 is 2.35 bits per heavy atom. The first-order chi connectivity index (χ1) is 12.4. The molecule has 5 nitrogen and oxygen atoms in total. The van der Waals surface area contributed by atoms with Crippen molar-refractivity contribution in [3.63, 3.8) is 0 Å². The van der Waals surface area contributed by atoms with E-state index in [1.807, 2.05) is 13.8 Å². The first kappa shape index (κ1) is 19.8. The van der Waals surface area contributed by atoms with Crippen molar-refractivity contribution in [1.82, 2.24) is 9.97 Å². The summed E-state index contributed by atoms with van der Waals surface area (Å²) in [5.74, 6) is 0.200. The molecule has 0 aliphatic heterocycles. The van der Waals surface area contributed by atoms with Gasteiger partial charge in [0.1, 0.15) is 11.3 Å². The first-order valence-electron chi connectivity index (χ1n) is 8.41. The lowest BCUT2D eigenvalue weighted by Crippen LogP contribution is -2.20. The van der Waals surface area contributed by atoms with Gasteiger partial charge in [0.05, 0.1) is 18.9 Å². The minimum absolute atomic E-state index is 0.0892. The van der Waals surface area contributed by atoms with Crippen LogP contribution in [0, 0.1) is 0 Å². The smallest absolute Gasteiger partial charge is 0.421 e. The zero-order valence-electron chi connectivity index (χ0n) is 15.0. The van der Waals surface area contributed by atoms with Crippen molar-refractivity contribution in [2.24, 2.45) is 0 Å². The fourth-order valence-corrected chi connectivity index (χ4v) is 2.26. The Kier molecular flexibility index (Phi) is 6.65. The Labute approximate surface area is 150 Å². The van der Waals surface area contributed by atoms with Gasteiger partial charge in [0.25, 0.3) is 0 Å². The molecule has 0 bridgehead atoms. The number of aromatic nitrogens is 2. The summed E-state index contributed by atoms with van der Waals surface area (Å²) in [5, 5.41) is 0. The Morgan fingerprint density at radius 2 is 1.69 bits per heavy atom. The maximum absolute atomic E-state index is 13.4. The van der Waals surface area contributed by atoms with Gasteiger partial charge in [-0.15, -0.1) is 0 Å². The molecule has 0 radical (unpaired) electrons. The molecule has 8 heteroatoms. The first-order valence-corrected chi connectivity index (χ1v) is 8.41. The van der Waals surface area contributed by atoms with Crippen LogP contribution >= 0.6 is 0 Å². The van der Waals surface area contributed by atoms with E-state index in [0.29, 0.717) is 31.1 Å². The number of halogens is 3. The third kappa shape index (κ3) is 4.77. The standard InChI is InChI=1S/C18H22F3N3O2/c1-4-10-25-15-9-7-6-8-14(15)24(3)16-13(18(19,20)21)12-22-17(23-16)26-11-5-2/h6-9,12H,4-5,10-11H2,1-3H3. The number of hydrogen-bond acceptors (Lipinski definition) is 5. The van der Waals surface area contributed by atoms with Gasteiger partial charge < -0.3 is 14.4 Å². The summed E-state index contributed by atoms with van der Waals surface area (Å²) in [6.07, 6.45) is -2.36. The van der Waals surface area contributed by atoms with Crippen molar-refractivity contribution < 1.29 is 22.6 Å². The van der Waals surface area contributed by atoms with Crippen molar-refractivity contribution in [3.05, 3.63) is 36.0 Å². The number of benzene rings is 1. The van der Waals surface area contributed by atoms with Crippen molar-refractivity contribution in [2.45, 2.75) is 32.9 Å². The monoisotopic (exact) mass is 369 g/mol. The number of anilines is 2. The molecule has 0 saturated carbocycles. The molecule has 0 amide bonds. The fraction of sp³-hybridized carbons (Fsp3) is 0.444. The molecule has 26 heavy (non-hydrogen) atoms. The maximum atomic E-state index is 13.4. The highest BCUT2D eigenvalue weighted by Crippen LogP contribution is 2.40. The minimum atomic E-state index is -4.59. The predicted octanol–water partition coefficient (Wildman–Crippen LogP) is 4.84. The van der Waals surface area contributed by atoms with E-state index in [1.54, 1.807) is 24.3 Å². The van der Waals surface area contributed by atoms with Crippen LogP contribution < -0.4 is 14.4 Å². The van der Waals surface area contributed by atoms with Crippen LogP contribution in [-0.4, -0.2) is 30.2 Å². The molecule has 0 atom stereocenters. The van der Waals surface area contributed by atoms with Gasteiger partial charge in [0.2, 0.25) is 0 Å². The average molecular weight is 369 g/mol. The van der Waals surface area contributed by atoms with Crippen LogP contribution in [0.15, 0.2) is 30.5 Å². The van der Waals surface area contributed by atoms with E-state index in [2.05, 4.69) is 9.97 Å². The molecule has 0 aliphatic carbocycles. The SMILES string of the molecule is CCCOc1ncc(C(F)(F)F)c(N(C)c2ccccc2OCCC)n1. The Hall–Kier alpha value is -2.51. The molecule has 0 fully saturated rings. The number of nitrogens with zero attached hydrogens (tertiary/aromatic N) is 3. The van der Waals surface area contributed by atoms with Crippen LogP contribution in [0.4, 0.5) is 24.7 Å². The molecule has 1 aromatic carbocycles. The van der Waals surface area contributed by atoms with E-state index in [-0.39, 0.29) is 11.8 Å². The fourth-order valence-electron chi connectivity index (χ4n) is 2.26. The summed E-state index contributed by atoms with van der Waals surface area (Å²) in [6.45, 7) is 4.63. The largest absolute Gasteiger partial charge is 0.491 e. The quantitative estimate of drug-likeness (QED) is 0.666. The topological polar surface area (TPSA) is 47.5 Å². The van der Waals surface area contributed by atoms with E-state index in [1.165, 1.54) is 11.9 Å². The molecule has 142 valence electrons. The number of ether oxygens (including phenoxy) is 2. The Bertz CT molecular complexity index is 723. The zero-order chi connectivity index (χ0) is 19.2. The molecular formula is C18H22F3N3O2. The third-order valence-electron chi connectivity index (χ3n) is 3.49. The summed E-state index contributed by atoms with van der Waals surface area (Å²) in [6, 6.07) is 6.80. The second-order valence-corrected chi connectivity index (χ2v) is 5.61. The maximum Gasteiger partial charge on any atom is 0.421 e.